The Labute approximate surface area is 112 Å². The fraction of sp³-hybridized carbons (Fsp3) is 0.538. The van der Waals surface area contributed by atoms with Gasteiger partial charge in [-0.2, -0.15) is 4.98 Å². The number of hydrogen-bond acceptors (Lipinski definition) is 5. The molecule has 2 rings (SSSR count). The molecule has 0 spiro atoms. The molecule has 0 saturated heterocycles. The fourth-order valence-electron chi connectivity index (χ4n) is 1.60. The topological polar surface area (TPSA) is 49.8 Å². The molecule has 5 heteroatoms. The maximum Gasteiger partial charge on any atom is 0.226 e. The SMILES string of the molecule is CCNc1nc(NC(C)(C)CC)c2ccsc2n1. The maximum atomic E-state index is 4.57. The van der Waals surface area contributed by atoms with E-state index in [-0.39, 0.29) is 5.54 Å². The normalized spacial score (nSPS) is 11.8. The van der Waals surface area contributed by atoms with Crippen LogP contribution in [0.1, 0.15) is 34.1 Å². The number of thiophene rings is 1. The van der Waals surface area contributed by atoms with Crippen molar-refractivity contribution in [3.8, 4) is 0 Å². The second-order valence-corrected chi connectivity index (χ2v) is 5.82. The molecule has 0 saturated carbocycles. The van der Waals surface area contributed by atoms with Gasteiger partial charge < -0.3 is 10.6 Å². The van der Waals surface area contributed by atoms with Crippen LogP contribution in [0.5, 0.6) is 0 Å². The lowest BCUT2D eigenvalue weighted by atomic mass is 10.0. The summed E-state index contributed by atoms with van der Waals surface area (Å²) >= 11 is 1.64. The fourth-order valence-corrected chi connectivity index (χ4v) is 2.36. The Bertz CT molecular complexity index is 533. The Morgan fingerprint density at radius 1 is 1.28 bits per heavy atom. The van der Waals surface area contributed by atoms with Gasteiger partial charge in [-0.05, 0) is 38.6 Å². The highest BCUT2D eigenvalue weighted by Gasteiger charge is 2.18. The molecule has 2 aromatic rings. The number of rotatable bonds is 5. The van der Waals surface area contributed by atoms with Gasteiger partial charge in [-0.15, -0.1) is 11.3 Å². The first-order valence-electron chi connectivity index (χ1n) is 6.33. The molecule has 2 N–H and O–H groups in total. The lowest BCUT2D eigenvalue weighted by Crippen LogP contribution is -2.30. The van der Waals surface area contributed by atoms with Crippen LogP contribution in [0, 0.1) is 0 Å². The lowest BCUT2D eigenvalue weighted by Gasteiger charge is -2.25. The van der Waals surface area contributed by atoms with Crippen molar-refractivity contribution in [1.82, 2.24) is 9.97 Å². The van der Waals surface area contributed by atoms with E-state index in [2.05, 4.69) is 52.8 Å². The smallest absolute Gasteiger partial charge is 0.226 e. The van der Waals surface area contributed by atoms with Crippen molar-refractivity contribution in [3.05, 3.63) is 11.4 Å². The van der Waals surface area contributed by atoms with Crippen molar-refractivity contribution in [1.29, 1.82) is 0 Å². The zero-order valence-corrected chi connectivity index (χ0v) is 12.2. The number of anilines is 2. The molecule has 0 bridgehead atoms. The minimum absolute atomic E-state index is 0.0344. The van der Waals surface area contributed by atoms with Crippen molar-refractivity contribution in [2.45, 2.75) is 39.7 Å². The van der Waals surface area contributed by atoms with Crippen molar-refractivity contribution in [2.75, 3.05) is 17.2 Å². The largest absolute Gasteiger partial charge is 0.364 e. The molecular formula is C13H20N4S. The van der Waals surface area contributed by atoms with Crippen LogP contribution in [0.2, 0.25) is 0 Å². The summed E-state index contributed by atoms with van der Waals surface area (Å²) in [5.74, 6) is 1.62. The Balaban J connectivity index is 2.43. The van der Waals surface area contributed by atoms with Crippen molar-refractivity contribution >= 4 is 33.3 Å². The van der Waals surface area contributed by atoms with Gasteiger partial charge in [0, 0.05) is 12.1 Å². The Morgan fingerprint density at radius 2 is 2.06 bits per heavy atom. The first kappa shape index (κ1) is 13.1. The molecule has 0 unspecified atom stereocenters. The number of nitrogens with zero attached hydrogens (tertiary/aromatic N) is 2. The van der Waals surface area contributed by atoms with Gasteiger partial charge in [0.25, 0.3) is 0 Å². The van der Waals surface area contributed by atoms with Gasteiger partial charge in [0.1, 0.15) is 10.6 Å². The summed E-state index contributed by atoms with van der Waals surface area (Å²) in [6, 6.07) is 2.07. The number of aromatic nitrogens is 2. The van der Waals surface area contributed by atoms with Gasteiger partial charge in [0.05, 0.1) is 5.39 Å². The molecule has 0 aliphatic heterocycles. The third-order valence-corrected chi connectivity index (χ3v) is 3.81. The molecule has 0 aromatic carbocycles. The molecule has 98 valence electrons. The van der Waals surface area contributed by atoms with E-state index < -0.39 is 0 Å². The summed E-state index contributed by atoms with van der Waals surface area (Å²) < 4.78 is 0. The van der Waals surface area contributed by atoms with Gasteiger partial charge >= 0.3 is 0 Å². The Hall–Kier alpha value is -1.36. The maximum absolute atomic E-state index is 4.57. The Morgan fingerprint density at radius 3 is 2.72 bits per heavy atom. The zero-order chi connectivity index (χ0) is 13.2. The minimum atomic E-state index is 0.0344. The molecule has 0 fully saturated rings. The van der Waals surface area contributed by atoms with Crippen LogP contribution in [0.15, 0.2) is 11.4 Å². The van der Waals surface area contributed by atoms with E-state index in [0.717, 1.165) is 29.0 Å². The van der Waals surface area contributed by atoms with Gasteiger partial charge in [-0.25, -0.2) is 4.98 Å². The second kappa shape index (κ2) is 5.10. The summed E-state index contributed by atoms with van der Waals surface area (Å²) in [5, 5.41) is 9.84. The van der Waals surface area contributed by atoms with E-state index in [1.165, 1.54) is 0 Å². The van der Waals surface area contributed by atoms with E-state index >= 15 is 0 Å². The van der Waals surface area contributed by atoms with E-state index in [0.29, 0.717) is 5.95 Å². The lowest BCUT2D eigenvalue weighted by molar-refractivity contribution is 0.546. The van der Waals surface area contributed by atoms with E-state index in [9.17, 15) is 0 Å². The van der Waals surface area contributed by atoms with Crippen LogP contribution in [0.4, 0.5) is 11.8 Å². The van der Waals surface area contributed by atoms with E-state index in [4.69, 9.17) is 0 Å². The summed E-state index contributed by atoms with van der Waals surface area (Å²) in [4.78, 5) is 10.1. The molecule has 4 nitrogen and oxygen atoms in total. The molecule has 18 heavy (non-hydrogen) atoms. The van der Waals surface area contributed by atoms with E-state index in [1.54, 1.807) is 11.3 Å². The van der Waals surface area contributed by atoms with Crippen LogP contribution in [0.3, 0.4) is 0 Å². The molecule has 2 heterocycles. The van der Waals surface area contributed by atoms with Gasteiger partial charge in [-0.3, -0.25) is 0 Å². The van der Waals surface area contributed by atoms with Gasteiger partial charge in [0.15, 0.2) is 0 Å². The first-order valence-corrected chi connectivity index (χ1v) is 7.21. The third kappa shape index (κ3) is 2.72. The monoisotopic (exact) mass is 264 g/mol. The van der Waals surface area contributed by atoms with Crippen molar-refractivity contribution in [2.24, 2.45) is 0 Å². The third-order valence-electron chi connectivity index (χ3n) is 3.00. The number of fused-ring (bicyclic) bond motifs is 1. The first-order chi connectivity index (χ1) is 8.55. The molecule has 0 radical (unpaired) electrons. The predicted octanol–water partition coefficient (Wildman–Crippen LogP) is 3.72. The van der Waals surface area contributed by atoms with Crippen LogP contribution in [0.25, 0.3) is 10.2 Å². The number of hydrogen-bond donors (Lipinski definition) is 2. The van der Waals surface area contributed by atoms with Crippen molar-refractivity contribution < 1.29 is 0 Å². The Kier molecular flexibility index (Phi) is 3.71. The van der Waals surface area contributed by atoms with Crippen LogP contribution in [-0.2, 0) is 0 Å². The summed E-state index contributed by atoms with van der Waals surface area (Å²) in [7, 11) is 0. The molecule has 0 aliphatic carbocycles. The highest BCUT2D eigenvalue weighted by Crippen LogP contribution is 2.28. The predicted molar refractivity (Wildman–Crippen MR) is 79.6 cm³/mol. The summed E-state index contributed by atoms with van der Waals surface area (Å²) in [6.07, 6.45) is 1.04. The highest BCUT2D eigenvalue weighted by molar-refractivity contribution is 7.16. The van der Waals surface area contributed by atoms with Crippen LogP contribution >= 0.6 is 11.3 Å². The highest BCUT2D eigenvalue weighted by atomic mass is 32.1. The molecule has 0 amide bonds. The zero-order valence-electron chi connectivity index (χ0n) is 11.4. The minimum Gasteiger partial charge on any atom is -0.364 e. The average molecular weight is 264 g/mol. The quantitative estimate of drug-likeness (QED) is 0.864. The molecule has 2 aromatic heterocycles. The average Bonchev–Trinajstić information content (AvgIpc) is 2.77. The molecule has 0 atom stereocenters. The van der Waals surface area contributed by atoms with Crippen LogP contribution in [-0.4, -0.2) is 22.1 Å². The van der Waals surface area contributed by atoms with E-state index in [1.807, 2.05) is 6.92 Å². The second-order valence-electron chi connectivity index (χ2n) is 4.93. The molecular weight excluding hydrogens is 244 g/mol. The molecule has 0 aliphatic rings. The van der Waals surface area contributed by atoms with Crippen molar-refractivity contribution in [3.63, 3.8) is 0 Å². The number of nitrogens with one attached hydrogen (secondary N) is 2. The van der Waals surface area contributed by atoms with Gasteiger partial charge in [-0.1, -0.05) is 6.92 Å². The van der Waals surface area contributed by atoms with Crippen LogP contribution < -0.4 is 10.6 Å². The standard InChI is InChI=1S/C13H20N4S/c1-5-13(3,4)17-10-9-7-8-18-11(9)16-12(15-10)14-6-2/h7-8H,5-6H2,1-4H3,(H2,14,15,16,17). The van der Waals surface area contributed by atoms with Gasteiger partial charge in [0.2, 0.25) is 5.95 Å². The summed E-state index contributed by atoms with van der Waals surface area (Å²) in [6.45, 7) is 9.41. The summed E-state index contributed by atoms with van der Waals surface area (Å²) in [5.41, 5.74) is 0.0344.